The van der Waals surface area contributed by atoms with Gasteiger partial charge in [-0.05, 0) is 30.3 Å². The average Bonchev–Trinajstić information content (AvgIpc) is 2.84. The van der Waals surface area contributed by atoms with Gasteiger partial charge in [0.05, 0.1) is 24.6 Å². The number of benzene rings is 2. The van der Waals surface area contributed by atoms with Crippen molar-refractivity contribution >= 4 is 42.1 Å². The summed E-state index contributed by atoms with van der Waals surface area (Å²) < 4.78 is 17.7. The molecule has 0 unspecified atom stereocenters. The number of ether oxygens (including phenoxy) is 3. The molecule has 0 radical (unpaired) electrons. The van der Waals surface area contributed by atoms with E-state index in [0.29, 0.717) is 32.4 Å². The van der Waals surface area contributed by atoms with Gasteiger partial charge >= 0.3 is 0 Å². The molecular weight excluding hydrogens is 477 g/mol. The molecule has 0 spiro atoms. The van der Waals surface area contributed by atoms with Crippen LogP contribution in [-0.4, -0.2) is 62.6 Å². The van der Waals surface area contributed by atoms with Crippen LogP contribution in [-0.2, 0) is 4.74 Å². The highest BCUT2D eigenvalue weighted by atomic mass is 35.5. The van der Waals surface area contributed by atoms with Crippen molar-refractivity contribution in [2.45, 2.75) is 0 Å². The lowest BCUT2D eigenvalue weighted by atomic mass is 10.1. The Kier molecular flexibility index (Phi) is 9.59. The van der Waals surface area contributed by atoms with Gasteiger partial charge < -0.3 is 29.7 Å². The van der Waals surface area contributed by atoms with Crippen molar-refractivity contribution in [3.05, 3.63) is 54.7 Å². The number of nitrogens with zero attached hydrogens (tertiary/aromatic N) is 3. The Morgan fingerprint density at radius 3 is 2.53 bits per heavy atom. The number of aromatic nitrogens is 2. The Hall–Kier alpha value is -2.78. The van der Waals surface area contributed by atoms with E-state index in [1.165, 1.54) is 0 Å². The number of hydrogen-bond donors (Lipinski definition) is 2. The minimum atomic E-state index is 0. The minimum absolute atomic E-state index is 0. The van der Waals surface area contributed by atoms with Crippen molar-refractivity contribution in [3.8, 4) is 22.8 Å². The van der Waals surface area contributed by atoms with E-state index < -0.39 is 0 Å². The lowest BCUT2D eigenvalue weighted by molar-refractivity contribution is 0.0765. The van der Waals surface area contributed by atoms with E-state index in [1.807, 2.05) is 42.5 Å². The number of fused-ring (bicyclic) bond motifs is 7. The summed E-state index contributed by atoms with van der Waals surface area (Å²) in [5.41, 5.74) is 3.75. The van der Waals surface area contributed by atoms with Gasteiger partial charge in [-0.25, -0.2) is 9.97 Å². The highest BCUT2D eigenvalue weighted by Gasteiger charge is 2.16. The summed E-state index contributed by atoms with van der Waals surface area (Å²) in [5.74, 6) is 2.14. The first-order valence-electron chi connectivity index (χ1n) is 11.0. The molecule has 182 valence electrons. The molecule has 0 aliphatic carbocycles. The van der Waals surface area contributed by atoms with E-state index in [0.717, 1.165) is 60.3 Å². The van der Waals surface area contributed by atoms with Crippen LogP contribution in [0.5, 0.6) is 11.5 Å². The van der Waals surface area contributed by atoms with Crippen LogP contribution in [0.4, 0.5) is 17.3 Å². The quantitative estimate of drug-likeness (QED) is 0.514. The Labute approximate surface area is 211 Å². The van der Waals surface area contributed by atoms with E-state index in [1.54, 1.807) is 6.20 Å². The molecule has 1 aromatic heterocycles. The SMILES string of the molecule is Cl.Cl.c1cc2cc(c1)-c1ccnc(n1)Nc1ccc(N3CCNCC3)c(c1)OCCOCCO2. The maximum atomic E-state index is 6.14. The number of nitrogens with one attached hydrogen (secondary N) is 2. The van der Waals surface area contributed by atoms with Gasteiger partial charge in [-0.3, -0.25) is 0 Å². The highest BCUT2D eigenvalue weighted by molar-refractivity contribution is 5.85. The predicted molar refractivity (Wildman–Crippen MR) is 139 cm³/mol. The standard InChI is InChI=1S/C24H27N5O3.2ClH/c1-2-18-16-20(3-1)31-14-12-30-13-15-32-23-17-19(27-24-26-7-6-21(18)28-24)4-5-22(23)29-10-8-25-9-11-29;;/h1-7,16-17,25H,8-15H2,(H,26,27,28);2*1H. The van der Waals surface area contributed by atoms with E-state index in [2.05, 4.69) is 26.6 Å². The molecule has 1 fully saturated rings. The fraction of sp³-hybridized carbons (Fsp3) is 0.333. The molecule has 10 heteroatoms. The first-order chi connectivity index (χ1) is 15.8. The van der Waals surface area contributed by atoms with Crippen molar-refractivity contribution in [2.24, 2.45) is 0 Å². The number of anilines is 3. The van der Waals surface area contributed by atoms with Gasteiger partial charge in [0.1, 0.15) is 24.7 Å². The third-order valence-corrected chi connectivity index (χ3v) is 5.44. The third kappa shape index (κ3) is 6.42. The molecule has 2 aliphatic heterocycles. The van der Waals surface area contributed by atoms with Crippen LogP contribution >= 0.6 is 24.8 Å². The minimum Gasteiger partial charge on any atom is -0.491 e. The van der Waals surface area contributed by atoms with Gasteiger partial charge in [0, 0.05) is 49.7 Å². The van der Waals surface area contributed by atoms with Gasteiger partial charge in [0.2, 0.25) is 5.95 Å². The second kappa shape index (κ2) is 12.6. The molecule has 1 saturated heterocycles. The topological polar surface area (TPSA) is 80.8 Å². The number of hydrogen-bond acceptors (Lipinski definition) is 8. The van der Waals surface area contributed by atoms with Gasteiger partial charge in [-0.2, -0.15) is 0 Å². The molecule has 0 atom stereocenters. The summed E-state index contributed by atoms with van der Waals surface area (Å²) >= 11 is 0. The zero-order valence-corrected chi connectivity index (χ0v) is 20.4. The second-order valence-electron chi connectivity index (χ2n) is 7.65. The van der Waals surface area contributed by atoms with Crippen LogP contribution in [0, 0.1) is 0 Å². The monoisotopic (exact) mass is 505 g/mol. The van der Waals surface area contributed by atoms with Crippen LogP contribution in [0.2, 0.25) is 0 Å². The van der Waals surface area contributed by atoms with E-state index in [4.69, 9.17) is 19.2 Å². The molecule has 3 aromatic rings. The first-order valence-corrected chi connectivity index (χ1v) is 11.0. The summed E-state index contributed by atoms with van der Waals surface area (Å²) in [7, 11) is 0. The molecule has 0 saturated carbocycles. The maximum Gasteiger partial charge on any atom is 0.227 e. The van der Waals surface area contributed by atoms with E-state index >= 15 is 0 Å². The van der Waals surface area contributed by atoms with Gasteiger partial charge in [0.25, 0.3) is 0 Å². The van der Waals surface area contributed by atoms with Gasteiger partial charge in [-0.15, -0.1) is 24.8 Å². The zero-order valence-electron chi connectivity index (χ0n) is 18.7. The van der Waals surface area contributed by atoms with Crippen molar-refractivity contribution < 1.29 is 14.2 Å². The summed E-state index contributed by atoms with van der Waals surface area (Å²) in [6.07, 6.45) is 1.76. The Morgan fingerprint density at radius 2 is 1.68 bits per heavy atom. The largest absolute Gasteiger partial charge is 0.491 e. The molecule has 2 N–H and O–H groups in total. The fourth-order valence-electron chi connectivity index (χ4n) is 3.86. The molecule has 6 bridgehead atoms. The van der Waals surface area contributed by atoms with Crippen LogP contribution < -0.4 is 25.0 Å². The van der Waals surface area contributed by atoms with Crippen LogP contribution in [0.3, 0.4) is 0 Å². The van der Waals surface area contributed by atoms with E-state index in [9.17, 15) is 0 Å². The summed E-state index contributed by atoms with van der Waals surface area (Å²) in [4.78, 5) is 11.4. The Morgan fingerprint density at radius 1 is 0.853 bits per heavy atom. The summed E-state index contributed by atoms with van der Waals surface area (Å²) in [5, 5.41) is 6.72. The smallest absolute Gasteiger partial charge is 0.227 e. The van der Waals surface area contributed by atoms with E-state index in [-0.39, 0.29) is 24.8 Å². The lowest BCUT2D eigenvalue weighted by Gasteiger charge is -2.31. The number of halogens is 2. The molecule has 5 rings (SSSR count). The van der Waals surface area contributed by atoms with Crippen molar-refractivity contribution in [1.29, 1.82) is 0 Å². The highest BCUT2D eigenvalue weighted by Crippen LogP contribution is 2.33. The molecule has 2 aliphatic rings. The van der Waals surface area contributed by atoms with Gasteiger partial charge in [-0.1, -0.05) is 12.1 Å². The molecule has 3 heterocycles. The fourth-order valence-corrected chi connectivity index (χ4v) is 3.86. The van der Waals surface area contributed by atoms with Crippen LogP contribution in [0.25, 0.3) is 11.3 Å². The number of rotatable bonds is 1. The number of piperazine rings is 1. The normalized spacial score (nSPS) is 15.8. The molecule has 2 aromatic carbocycles. The summed E-state index contributed by atoms with van der Waals surface area (Å²) in [6, 6.07) is 15.9. The lowest BCUT2D eigenvalue weighted by Crippen LogP contribution is -2.43. The molecule has 0 amide bonds. The Bertz CT molecular complexity index is 1070. The first kappa shape index (κ1) is 25.8. The Balaban J connectivity index is 0.00000162. The second-order valence-corrected chi connectivity index (χ2v) is 7.65. The average molecular weight is 506 g/mol. The molecular formula is C24H29Cl2N5O3. The maximum absolute atomic E-state index is 6.14. The van der Waals surface area contributed by atoms with Crippen molar-refractivity contribution in [3.63, 3.8) is 0 Å². The van der Waals surface area contributed by atoms with Crippen molar-refractivity contribution in [1.82, 2.24) is 15.3 Å². The van der Waals surface area contributed by atoms with Crippen molar-refractivity contribution in [2.75, 3.05) is 62.8 Å². The van der Waals surface area contributed by atoms with Gasteiger partial charge in [0.15, 0.2) is 0 Å². The molecule has 8 nitrogen and oxygen atoms in total. The third-order valence-electron chi connectivity index (χ3n) is 5.44. The summed E-state index contributed by atoms with van der Waals surface area (Å²) in [6.45, 7) is 5.74. The van der Waals surface area contributed by atoms with Crippen LogP contribution in [0.15, 0.2) is 54.7 Å². The van der Waals surface area contributed by atoms with Crippen LogP contribution in [0.1, 0.15) is 0 Å². The zero-order chi connectivity index (χ0) is 21.6. The predicted octanol–water partition coefficient (Wildman–Crippen LogP) is 3.93. The molecule has 34 heavy (non-hydrogen) atoms.